The van der Waals surface area contributed by atoms with Crippen molar-refractivity contribution in [3.8, 4) is 11.6 Å². The molecule has 1 heterocycles. The van der Waals surface area contributed by atoms with Gasteiger partial charge in [-0.15, -0.1) is 5.10 Å². The van der Waals surface area contributed by atoms with E-state index in [-0.39, 0.29) is 11.7 Å². The molecular formula is C13H12Cl2N4O2. The molecule has 2 aromatic rings. The Bertz CT molecular complexity index is 720. The van der Waals surface area contributed by atoms with Crippen LogP contribution in [0.5, 0.6) is 11.6 Å². The highest BCUT2D eigenvalue weighted by Gasteiger charge is 2.17. The van der Waals surface area contributed by atoms with E-state index >= 15 is 0 Å². The van der Waals surface area contributed by atoms with E-state index in [0.29, 0.717) is 32.6 Å². The van der Waals surface area contributed by atoms with Crippen molar-refractivity contribution in [3.05, 3.63) is 45.1 Å². The Hall–Kier alpha value is -2.05. The Balaban J connectivity index is 2.49. The Kier molecular flexibility index (Phi) is 4.50. The Morgan fingerprint density at radius 1 is 1.24 bits per heavy atom. The Morgan fingerprint density at radius 2 is 1.95 bits per heavy atom. The first-order chi connectivity index (χ1) is 9.93. The summed E-state index contributed by atoms with van der Waals surface area (Å²) in [5.74, 6) is 0.418. The van der Waals surface area contributed by atoms with Crippen molar-refractivity contribution in [2.45, 2.75) is 13.8 Å². The third kappa shape index (κ3) is 3.17. The molecule has 0 unspecified atom stereocenters. The summed E-state index contributed by atoms with van der Waals surface area (Å²) in [6.07, 6.45) is 0. The van der Waals surface area contributed by atoms with Crippen molar-refractivity contribution in [3.63, 3.8) is 0 Å². The summed E-state index contributed by atoms with van der Waals surface area (Å²) in [5.41, 5.74) is 7.40. The fourth-order valence-corrected chi connectivity index (χ4v) is 1.95. The fraction of sp³-hybridized carbons (Fsp3) is 0.154. The maximum Gasteiger partial charge on any atom is 0.250 e. The van der Waals surface area contributed by atoms with Gasteiger partial charge in [0.05, 0.1) is 21.3 Å². The molecule has 2 rings (SSSR count). The van der Waals surface area contributed by atoms with E-state index in [1.54, 1.807) is 26.0 Å². The molecule has 0 saturated heterocycles. The molecular weight excluding hydrogens is 315 g/mol. The van der Waals surface area contributed by atoms with E-state index in [9.17, 15) is 0 Å². The molecule has 0 fully saturated rings. The van der Waals surface area contributed by atoms with Gasteiger partial charge in [-0.05, 0) is 31.5 Å². The number of halogens is 2. The van der Waals surface area contributed by atoms with Gasteiger partial charge in [-0.1, -0.05) is 28.4 Å². The number of nitrogens with two attached hydrogens (primary N) is 1. The van der Waals surface area contributed by atoms with Gasteiger partial charge in [-0.3, -0.25) is 0 Å². The lowest BCUT2D eigenvalue weighted by molar-refractivity contribution is 0.318. The molecule has 0 bridgehead atoms. The van der Waals surface area contributed by atoms with Crippen LogP contribution in [0.2, 0.25) is 10.0 Å². The maximum absolute atomic E-state index is 8.90. The largest absolute Gasteiger partial charge is 0.437 e. The number of aryl methyl sites for hydroxylation is 1. The van der Waals surface area contributed by atoms with Crippen LogP contribution >= 0.6 is 23.2 Å². The van der Waals surface area contributed by atoms with E-state index in [2.05, 4.69) is 15.4 Å². The number of nitrogens with zero attached hydrogens (tertiary/aromatic N) is 3. The number of benzene rings is 1. The zero-order valence-corrected chi connectivity index (χ0v) is 12.8. The van der Waals surface area contributed by atoms with E-state index in [1.807, 2.05) is 0 Å². The van der Waals surface area contributed by atoms with Crippen molar-refractivity contribution >= 4 is 29.0 Å². The zero-order chi connectivity index (χ0) is 15.6. The number of rotatable bonds is 3. The molecule has 0 saturated carbocycles. The van der Waals surface area contributed by atoms with Gasteiger partial charge >= 0.3 is 0 Å². The smallest absolute Gasteiger partial charge is 0.250 e. The second-order valence-corrected chi connectivity index (χ2v) is 5.07. The van der Waals surface area contributed by atoms with E-state index in [1.165, 1.54) is 6.07 Å². The lowest BCUT2D eigenvalue weighted by atomic mass is 10.1. The van der Waals surface area contributed by atoms with Crippen molar-refractivity contribution in [2.75, 3.05) is 0 Å². The van der Waals surface area contributed by atoms with Gasteiger partial charge in [0.15, 0.2) is 5.84 Å². The highest BCUT2D eigenvalue weighted by Crippen LogP contribution is 2.30. The molecule has 1 aromatic carbocycles. The molecule has 1 aromatic heterocycles. The van der Waals surface area contributed by atoms with E-state index in [4.69, 9.17) is 38.9 Å². The number of hydrogen-bond donors (Lipinski definition) is 2. The molecule has 3 N–H and O–H groups in total. The zero-order valence-electron chi connectivity index (χ0n) is 11.3. The highest BCUT2D eigenvalue weighted by molar-refractivity contribution is 6.42. The first-order valence-electron chi connectivity index (χ1n) is 5.88. The van der Waals surface area contributed by atoms with Crippen LogP contribution in [0.25, 0.3) is 0 Å². The lowest BCUT2D eigenvalue weighted by Crippen LogP contribution is -2.18. The number of ether oxygens (including phenoxy) is 1. The van der Waals surface area contributed by atoms with Crippen LogP contribution in [0.15, 0.2) is 23.4 Å². The summed E-state index contributed by atoms with van der Waals surface area (Å²) in [5, 5.41) is 20.5. The SMILES string of the molecule is Cc1nnc(Oc2ccc(Cl)c(Cl)c2)c(/C(N)=N/O)c1C. The molecule has 0 spiro atoms. The van der Waals surface area contributed by atoms with Crippen LogP contribution in [0.1, 0.15) is 16.8 Å². The molecule has 0 atom stereocenters. The van der Waals surface area contributed by atoms with Crippen molar-refractivity contribution in [1.82, 2.24) is 10.2 Å². The predicted molar refractivity (Wildman–Crippen MR) is 80.6 cm³/mol. The number of amidine groups is 1. The van der Waals surface area contributed by atoms with Crippen LogP contribution in [-0.4, -0.2) is 21.2 Å². The van der Waals surface area contributed by atoms with Crippen LogP contribution in [0, 0.1) is 13.8 Å². The quantitative estimate of drug-likeness (QED) is 0.390. The normalized spacial score (nSPS) is 11.5. The van der Waals surface area contributed by atoms with Crippen LogP contribution < -0.4 is 10.5 Å². The minimum absolute atomic E-state index is 0.111. The van der Waals surface area contributed by atoms with Gasteiger partial charge < -0.3 is 15.7 Å². The predicted octanol–water partition coefficient (Wildman–Crippen LogP) is 3.29. The average molecular weight is 327 g/mol. The first kappa shape index (κ1) is 15.3. The molecule has 21 heavy (non-hydrogen) atoms. The summed E-state index contributed by atoms with van der Waals surface area (Å²) >= 11 is 11.8. The van der Waals surface area contributed by atoms with E-state index < -0.39 is 0 Å². The van der Waals surface area contributed by atoms with Gasteiger partial charge in [0, 0.05) is 6.07 Å². The summed E-state index contributed by atoms with van der Waals surface area (Å²) in [7, 11) is 0. The number of oxime groups is 1. The molecule has 110 valence electrons. The minimum atomic E-state index is -0.111. The molecule has 0 radical (unpaired) electrons. The Morgan fingerprint density at radius 3 is 2.57 bits per heavy atom. The van der Waals surface area contributed by atoms with Gasteiger partial charge in [0.1, 0.15) is 5.75 Å². The fourth-order valence-electron chi connectivity index (χ4n) is 1.66. The van der Waals surface area contributed by atoms with E-state index in [0.717, 1.165) is 0 Å². The second-order valence-electron chi connectivity index (χ2n) is 4.25. The first-order valence-corrected chi connectivity index (χ1v) is 6.64. The molecule has 8 heteroatoms. The van der Waals surface area contributed by atoms with Crippen LogP contribution in [-0.2, 0) is 0 Å². The number of hydrogen-bond acceptors (Lipinski definition) is 5. The third-order valence-corrected chi connectivity index (χ3v) is 3.63. The van der Waals surface area contributed by atoms with Crippen molar-refractivity contribution in [2.24, 2.45) is 10.9 Å². The highest BCUT2D eigenvalue weighted by atomic mass is 35.5. The summed E-state index contributed by atoms with van der Waals surface area (Å²) in [6, 6.07) is 4.76. The van der Waals surface area contributed by atoms with Crippen LogP contribution in [0.4, 0.5) is 0 Å². The Labute approximate surface area is 131 Å². The van der Waals surface area contributed by atoms with Gasteiger partial charge in [0.25, 0.3) is 0 Å². The maximum atomic E-state index is 8.90. The molecule has 0 aliphatic rings. The monoisotopic (exact) mass is 326 g/mol. The third-order valence-electron chi connectivity index (χ3n) is 2.89. The molecule has 6 nitrogen and oxygen atoms in total. The minimum Gasteiger partial charge on any atom is -0.437 e. The molecule has 0 aliphatic carbocycles. The summed E-state index contributed by atoms with van der Waals surface area (Å²) in [4.78, 5) is 0. The summed E-state index contributed by atoms with van der Waals surface area (Å²) in [6.45, 7) is 3.54. The topological polar surface area (TPSA) is 93.6 Å². The van der Waals surface area contributed by atoms with Gasteiger partial charge in [-0.2, -0.15) is 5.10 Å². The standard InChI is InChI=1S/C13H12Cl2N4O2/c1-6-7(2)17-18-13(11(6)12(16)19-20)21-8-3-4-9(14)10(15)5-8/h3-5,20H,1-2H3,(H2,16,19). The van der Waals surface area contributed by atoms with Crippen molar-refractivity contribution < 1.29 is 9.94 Å². The van der Waals surface area contributed by atoms with Gasteiger partial charge in [0.2, 0.25) is 5.88 Å². The lowest BCUT2D eigenvalue weighted by Gasteiger charge is -2.12. The van der Waals surface area contributed by atoms with Crippen molar-refractivity contribution in [1.29, 1.82) is 0 Å². The van der Waals surface area contributed by atoms with Gasteiger partial charge in [-0.25, -0.2) is 0 Å². The average Bonchev–Trinajstić information content (AvgIpc) is 2.46. The molecule has 0 amide bonds. The number of aromatic nitrogens is 2. The second kappa shape index (κ2) is 6.15. The summed E-state index contributed by atoms with van der Waals surface area (Å²) < 4.78 is 5.62. The van der Waals surface area contributed by atoms with Crippen LogP contribution in [0.3, 0.4) is 0 Å². The molecule has 0 aliphatic heterocycles.